The summed E-state index contributed by atoms with van der Waals surface area (Å²) in [4.78, 5) is 12.3. The van der Waals surface area contributed by atoms with Gasteiger partial charge in [-0.1, -0.05) is 78.4 Å². The van der Waals surface area contributed by atoms with Crippen LogP contribution in [0.5, 0.6) is 0 Å². The lowest BCUT2D eigenvalue weighted by Gasteiger charge is -2.30. The Bertz CT molecular complexity index is 1440. The molecule has 0 unspecified atom stereocenters. The van der Waals surface area contributed by atoms with E-state index in [1.54, 1.807) is 0 Å². The van der Waals surface area contributed by atoms with Gasteiger partial charge < -0.3 is 15.4 Å². The minimum atomic E-state index is -3.94. The van der Waals surface area contributed by atoms with Gasteiger partial charge in [0, 0.05) is 18.7 Å². The minimum absolute atomic E-state index is 0.0895. The molecule has 8 heteroatoms. The van der Waals surface area contributed by atoms with E-state index in [2.05, 4.69) is 34.4 Å². The number of amides is 1. The highest BCUT2D eigenvalue weighted by molar-refractivity contribution is 7.89. The number of hydrogen-bond donors (Lipinski definition) is 3. The number of carbonyl (C=O) groups excluding carboxylic acids is 1. The molecule has 0 spiro atoms. The number of allylic oxidation sites excluding steroid dienone is 3. The molecular weight excluding hydrogens is 534 g/mol. The molecule has 0 saturated heterocycles. The number of rotatable bonds is 14. The van der Waals surface area contributed by atoms with Crippen molar-refractivity contribution in [1.29, 1.82) is 0 Å². The summed E-state index contributed by atoms with van der Waals surface area (Å²) in [5, 5.41) is 6.28. The molecule has 4 rings (SSSR count). The fourth-order valence-electron chi connectivity index (χ4n) is 4.75. The Morgan fingerprint density at radius 2 is 1.49 bits per heavy atom. The summed E-state index contributed by atoms with van der Waals surface area (Å²) in [5.41, 5.74) is 4.85. The highest BCUT2D eigenvalue weighted by atomic mass is 32.2. The van der Waals surface area contributed by atoms with Crippen LogP contribution in [0.15, 0.2) is 113 Å². The number of sulfonamides is 1. The molecule has 0 aliphatic heterocycles. The van der Waals surface area contributed by atoms with Crippen molar-refractivity contribution in [3.05, 3.63) is 125 Å². The molecular formula is C33H39N3O4S. The van der Waals surface area contributed by atoms with Crippen LogP contribution in [0.1, 0.15) is 60.3 Å². The van der Waals surface area contributed by atoms with Crippen LogP contribution >= 0.6 is 0 Å². The van der Waals surface area contributed by atoms with Gasteiger partial charge in [0.2, 0.25) is 10.0 Å². The van der Waals surface area contributed by atoms with Gasteiger partial charge in [0.1, 0.15) is 0 Å². The largest absolute Gasteiger partial charge is 0.376 e. The van der Waals surface area contributed by atoms with Gasteiger partial charge in [0.05, 0.1) is 30.2 Å². The van der Waals surface area contributed by atoms with Crippen LogP contribution in [0.25, 0.3) is 0 Å². The second kappa shape index (κ2) is 14.9. The zero-order valence-electron chi connectivity index (χ0n) is 23.7. The number of carbonyl (C=O) groups is 1. The Balaban J connectivity index is 1.53. The third-order valence-corrected chi connectivity index (χ3v) is 8.48. The van der Waals surface area contributed by atoms with Crippen molar-refractivity contribution in [2.75, 3.05) is 26.3 Å². The van der Waals surface area contributed by atoms with E-state index in [-0.39, 0.29) is 16.8 Å². The summed E-state index contributed by atoms with van der Waals surface area (Å²) < 4.78 is 36.2. The molecule has 216 valence electrons. The summed E-state index contributed by atoms with van der Waals surface area (Å²) in [6, 6.07) is 24.4. The summed E-state index contributed by atoms with van der Waals surface area (Å²) in [5.74, 6) is -0.242. The van der Waals surface area contributed by atoms with Crippen LogP contribution in [0.2, 0.25) is 0 Å². The topological polar surface area (TPSA) is 96.5 Å². The highest BCUT2D eigenvalue weighted by Crippen LogP contribution is 2.31. The molecule has 1 aliphatic carbocycles. The van der Waals surface area contributed by atoms with E-state index in [9.17, 15) is 13.2 Å². The molecule has 3 aromatic carbocycles. The number of ether oxygens (including phenoxy) is 1. The molecule has 0 heterocycles. The van der Waals surface area contributed by atoms with Gasteiger partial charge in [0.25, 0.3) is 5.91 Å². The predicted octanol–water partition coefficient (Wildman–Crippen LogP) is 5.47. The first-order valence-corrected chi connectivity index (χ1v) is 15.5. The molecule has 0 bridgehead atoms. The van der Waals surface area contributed by atoms with E-state index in [0.29, 0.717) is 31.9 Å². The molecule has 1 amide bonds. The fraction of sp³-hybridized carbons (Fsp3) is 0.303. The van der Waals surface area contributed by atoms with Gasteiger partial charge in [-0.15, -0.1) is 0 Å². The third kappa shape index (κ3) is 8.71. The molecule has 0 fully saturated rings. The van der Waals surface area contributed by atoms with E-state index >= 15 is 0 Å². The first-order valence-electron chi connectivity index (χ1n) is 14.0. The van der Waals surface area contributed by atoms with Crippen LogP contribution in [0, 0.1) is 0 Å². The molecule has 7 nitrogen and oxygen atoms in total. The minimum Gasteiger partial charge on any atom is -0.376 e. The van der Waals surface area contributed by atoms with Crippen LogP contribution in [0.3, 0.4) is 0 Å². The van der Waals surface area contributed by atoms with Crippen LogP contribution in [-0.4, -0.2) is 40.6 Å². The first-order chi connectivity index (χ1) is 19.9. The quantitative estimate of drug-likeness (QED) is 0.176. The Labute approximate surface area is 243 Å². The van der Waals surface area contributed by atoms with Crippen molar-refractivity contribution in [2.45, 2.75) is 43.7 Å². The Morgan fingerprint density at radius 1 is 0.854 bits per heavy atom. The molecule has 0 radical (unpaired) electrons. The Kier molecular flexibility index (Phi) is 11.0. The van der Waals surface area contributed by atoms with E-state index in [1.807, 2.05) is 67.6 Å². The maximum absolute atomic E-state index is 13.7. The second-order valence-electron chi connectivity index (χ2n) is 10.1. The number of benzene rings is 3. The molecule has 3 N–H and O–H groups in total. The lowest BCUT2D eigenvalue weighted by molar-refractivity contribution is 0.0955. The van der Waals surface area contributed by atoms with Crippen molar-refractivity contribution in [3.63, 3.8) is 0 Å². The highest BCUT2D eigenvalue weighted by Gasteiger charge is 2.29. The van der Waals surface area contributed by atoms with Gasteiger partial charge in [0.15, 0.2) is 0 Å². The molecule has 2 atom stereocenters. The van der Waals surface area contributed by atoms with E-state index in [1.165, 1.54) is 35.4 Å². The molecule has 0 saturated carbocycles. The monoisotopic (exact) mass is 573 g/mol. The van der Waals surface area contributed by atoms with Crippen molar-refractivity contribution in [2.24, 2.45) is 0 Å². The normalized spacial score (nSPS) is 15.0. The average Bonchev–Trinajstić information content (AvgIpc) is 3.00. The van der Waals surface area contributed by atoms with Crippen molar-refractivity contribution < 1.29 is 17.9 Å². The van der Waals surface area contributed by atoms with Crippen molar-refractivity contribution in [1.82, 2.24) is 15.4 Å². The third-order valence-electron chi connectivity index (χ3n) is 7.02. The lowest BCUT2D eigenvalue weighted by Crippen LogP contribution is -2.39. The van der Waals surface area contributed by atoms with Gasteiger partial charge >= 0.3 is 0 Å². The van der Waals surface area contributed by atoms with Gasteiger partial charge in [-0.25, -0.2) is 13.1 Å². The summed E-state index contributed by atoms with van der Waals surface area (Å²) in [7, 11) is -3.94. The summed E-state index contributed by atoms with van der Waals surface area (Å²) in [6.07, 6.45) is 6.37. The molecule has 1 aliphatic rings. The van der Waals surface area contributed by atoms with Crippen LogP contribution in [-0.2, 0) is 14.8 Å². The van der Waals surface area contributed by atoms with Gasteiger partial charge in [-0.2, -0.15) is 0 Å². The Hall–Kier alpha value is -3.56. The molecule has 0 aromatic heterocycles. The second-order valence-corrected chi connectivity index (χ2v) is 11.8. The Morgan fingerprint density at radius 3 is 2.07 bits per heavy atom. The lowest BCUT2D eigenvalue weighted by atomic mass is 9.94. The SMILES string of the molecule is CCNC(=O)c1ccc(S(=O)(=O)N[C@H](c2ccccc2)[C@H](NCCOCC2=CCC(C)=CC2)c2ccccc2)cc1. The fourth-order valence-corrected chi connectivity index (χ4v) is 5.98. The first kappa shape index (κ1) is 30.4. The zero-order valence-corrected chi connectivity index (χ0v) is 24.5. The molecule has 3 aromatic rings. The van der Waals surface area contributed by atoms with Crippen molar-refractivity contribution in [3.8, 4) is 0 Å². The smallest absolute Gasteiger partial charge is 0.251 e. The number of hydrogen-bond acceptors (Lipinski definition) is 5. The zero-order chi connectivity index (χ0) is 29.1. The van der Waals surface area contributed by atoms with Crippen molar-refractivity contribution >= 4 is 15.9 Å². The molecule has 41 heavy (non-hydrogen) atoms. The summed E-state index contributed by atoms with van der Waals surface area (Å²) >= 11 is 0. The van der Waals surface area contributed by atoms with Gasteiger partial charge in [-0.05, 0) is 67.7 Å². The summed E-state index contributed by atoms with van der Waals surface area (Å²) in [6.45, 7) is 6.07. The predicted molar refractivity (Wildman–Crippen MR) is 163 cm³/mol. The standard InChI is InChI=1S/C33H39N3O4S/c1-3-34-33(37)29-18-20-30(21-19-29)41(38,39)36-32(28-12-8-5-9-13-28)31(27-10-6-4-7-11-27)35-22-23-40-24-26-16-14-25(2)15-17-26/h4-14,17-21,31-32,35-36H,3,15-16,22-24H2,1-2H3,(H,34,37)/t31-,32-/m1/s1. The average molecular weight is 574 g/mol. The van der Waals surface area contributed by atoms with Gasteiger partial charge in [-0.3, -0.25) is 4.79 Å². The number of nitrogens with one attached hydrogen (secondary N) is 3. The maximum atomic E-state index is 13.7. The van der Waals surface area contributed by atoms with Crippen LogP contribution < -0.4 is 15.4 Å². The van der Waals surface area contributed by atoms with E-state index in [0.717, 1.165) is 24.0 Å². The maximum Gasteiger partial charge on any atom is 0.251 e. The van der Waals surface area contributed by atoms with E-state index in [4.69, 9.17) is 4.74 Å². The van der Waals surface area contributed by atoms with E-state index < -0.39 is 16.1 Å². The van der Waals surface area contributed by atoms with Crippen LogP contribution in [0.4, 0.5) is 0 Å².